The lowest BCUT2D eigenvalue weighted by atomic mass is 9.93. The molecule has 0 aliphatic carbocycles. The average Bonchev–Trinajstić information content (AvgIpc) is 3.56. The molecule has 1 aliphatic heterocycles. The fraction of sp³-hybridized carbons (Fsp3) is 0.647. The highest BCUT2D eigenvalue weighted by molar-refractivity contribution is 5.88. The monoisotopic (exact) mass is 939 g/mol. The number of benzene rings is 2. The molecule has 2 heterocycles. The number of carbonyl (C=O) groups excluding carboxylic acids is 5. The second kappa shape index (κ2) is 21.8. The lowest BCUT2D eigenvalue weighted by molar-refractivity contribution is -0.294. The zero-order valence-electron chi connectivity index (χ0n) is 42.2. The summed E-state index contributed by atoms with van der Waals surface area (Å²) in [5, 5.41) is 14.6. The van der Waals surface area contributed by atoms with Gasteiger partial charge in [-0.3, -0.25) is 28.7 Å². The molecular formula is C51H74N2O14. The number of fused-ring (bicyclic) bond motifs is 1. The molecule has 0 bridgehead atoms. The molecule has 1 fully saturated rings. The van der Waals surface area contributed by atoms with Crippen LogP contribution < -0.4 is 9.47 Å². The smallest absolute Gasteiger partial charge is 0.311 e. The van der Waals surface area contributed by atoms with E-state index in [0.717, 1.165) is 11.1 Å². The van der Waals surface area contributed by atoms with Gasteiger partial charge in [0.25, 0.3) is 0 Å². The van der Waals surface area contributed by atoms with Crippen LogP contribution in [0.4, 0.5) is 0 Å². The fourth-order valence-electron chi connectivity index (χ4n) is 6.35. The highest BCUT2D eigenvalue weighted by Crippen LogP contribution is 2.38. The van der Waals surface area contributed by atoms with Gasteiger partial charge in [-0.1, -0.05) is 24.3 Å². The largest absolute Gasteiger partial charge is 0.494 e. The number of carbonyl (C=O) groups is 5. The fourth-order valence-corrected chi connectivity index (χ4v) is 6.35. The van der Waals surface area contributed by atoms with Crippen LogP contribution in [0.15, 0.2) is 42.5 Å². The van der Waals surface area contributed by atoms with Gasteiger partial charge in [-0.2, -0.15) is 0 Å². The third kappa shape index (κ3) is 15.1. The van der Waals surface area contributed by atoms with Crippen LogP contribution in [-0.4, -0.2) is 102 Å². The molecule has 0 radical (unpaired) electrons. The van der Waals surface area contributed by atoms with Crippen LogP contribution in [0, 0.1) is 27.1 Å². The van der Waals surface area contributed by atoms with Crippen molar-refractivity contribution in [2.75, 3.05) is 26.4 Å². The number of aryl methyl sites for hydroxylation is 2. The van der Waals surface area contributed by atoms with Crippen molar-refractivity contribution in [2.24, 2.45) is 27.1 Å². The molecule has 1 saturated heterocycles. The van der Waals surface area contributed by atoms with Crippen molar-refractivity contribution in [3.63, 3.8) is 0 Å². The molecule has 1 aliphatic rings. The summed E-state index contributed by atoms with van der Waals surface area (Å²) < 4.78 is 50.8. The Bertz CT molecular complexity index is 2180. The van der Waals surface area contributed by atoms with E-state index in [-0.39, 0.29) is 31.6 Å². The van der Waals surface area contributed by atoms with Crippen molar-refractivity contribution in [3.05, 3.63) is 53.6 Å². The molecular weight excluding hydrogens is 865 g/mol. The Morgan fingerprint density at radius 1 is 0.627 bits per heavy atom. The quantitative estimate of drug-likeness (QED) is 0.0783. The summed E-state index contributed by atoms with van der Waals surface area (Å²) in [6, 6.07) is 13.4. The highest BCUT2D eigenvalue weighted by Gasteiger charge is 2.56. The Morgan fingerprint density at radius 2 is 1.15 bits per heavy atom. The first-order chi connectivity index (χ1) is 30.9. The molecule has 3 aromatic rings. The summed E-state index contributed by atoms with van der Waals surface area (Å²) in [5.74, 6) is -2.32. The van der Waals surface area contributed by atoms with E-state index in [1.807, 2.05) is 42.5 Å². The predicted molar refractivity (Wildman–Crippen MR) is 249 cm³/mol. The van der Waals surface area contributed by atoms with Gasteiger partial charge < -0.3 is 43.0 Å². The zero-order chi connectivity index (χ0) is 50.3. The molecule has 372 valence electrons. The van der Waals surface area contributed by atoms with E-state index in [1.165, 1.54) is 0 Å². The molecule has 1 aromatic heterocycles. The molecule has 0 spiro atoms. The summed E-state index contributed by atoms with van der Waals surface area (Å²) in [7, 11) is 0. The molecule has 0 amide bonds. The topological polar surface area (TPSA) is 197 Å². The standard InChI is InChI=1S/C51H74N2O14/c1-47(2,3)42(55)61-29-26-53-34-19-16-18-32(23-20-31-21-24-33(25-22-31)60-28-17-27-54)36(34)40(52-53)67-41-39(66-46(59)51(13,14)15)38(65-45(58)50(10,11)12)37(64-44(57)49(7,8)9)35(63-41)30-62-43(56)48(4,5)6/h16,18-19,21-22,24-25,35,37-39,41,54H,17,20,23,26-30H2,1-15H3/t35-,37-,38+,39-,41+/m1/s1. The number of hydrogen-bond acceptors (Lipinski definition) is 15. The molecule has 2 aromatic carbocycles. The van der Waals surface area contributed by atoms with Gasteiger partial charge in [0.1, 0.15) is 25.1 Å². The van der Waals surface area contributed by atoms with Gasteiger partial charge in [-0.15, -0.1) is 5.10 Å². The lowest BCUT2D eigenvalue weighted by Gasteiger charge is -2.45. The Balaban J connectivity index is 1.90. The molecule has 16 nitrogen and oxygen atoms in total. The van der Waals surface area contributed by atoms with Crippen molar-refractivity contribution in [1.29, 1.82) is 0 Å². The number of aliphatic hydroxyl groups excluding tert-OH is 1. The zero-order valence-corrected chi connectivity index (χ0v) is 42.2. The third-order valence-electron chi connectivity index (χ3n) is 10.5. The average molecular weight is 939 g/mol. The first-order valence-corrected chi connectivity index (χ1v) is 23.0. The second-order valence-electron chi connectivity index (χ2n) is 22.2. The van der Waals surface area contributed by atoms with Crippen LogP contribution in [0.3, 0.4) is 0 Å². The number of ether oxygens (including phenoxy) is 8. The normalized spacial score (nSPS) is 19.3. The Kier molecular flexibility index (Phi) is 17.7. The maximum absolute atomic E-state index is 13.9. The Labute approximate surface area is 395 Å². The molecule has 5 atom stereocenters. The number of hydrogen-bond donors (Lipinski definition) is 1. The van der Waals surface area contributed by atoms with Crippen LogP contribution in [-0.2, 0) is 71.8 Å². The summed E-state index contributed by atoms with van der Waals surface area (Å²) in [6.07, 6.45) is -5.84. The van der Waals surface area contributed by atoms with Crippen molar-refractivity contribution in [3.8, 4) is 11.6 Å². The minimum Gasteiger partial charge on any atom is -0.494 e. The Morgan fingerprint density at radius 3 is 1.69 bits per heavy atom. The maximum atomic E-state index is 13.9. The summed E-state index contributed by atoms with van der Waals surface area (Å²) in [6.45, 7) is 25.3. The van der Waals surface area contributed by atoms with Gasteiger partial charge in [-0.25, -0.2) is 0 Å². The van der Waals surface area contributed by atoms with Crippen LogP contribution in [0.5, 0.6) is 11.6 Å². The summed E-state index contributed by atoms with van der Waals surface area (Å²) >= 11 is 0. The Hall–Kier alpha value is -5.22. The molecule has 0 saturated carbocycles. The van der Waals surface area contributed by atoms with E-state index < -0.39 is 88.3 Å². The van der Waals surface area contributed by atoms with E-state index in [1.54, 1.807) is 109 Å². The molecule has 67 heavy (non-hydrogen) atoms. The third-order valence-corrected chi connectivity index (χ3v) is 10.5. The van der Waals surface area contributed by atoms with E-state index >= 15 is 0 Å². The van der Waals surface area contributed by atoms with Crippen molar-refractivity contribution in [2.45, 2.75) is 160 Å². The van der Waals surface area contributed by atoms with Gasteiger partial charge >= 0.3 is 29.8 Å². The predicted octanol–water partition coefficient (Wildman–Crippen LogP) is 7.74. The van der Waals surface area contributed by atoms with Crippen molar-refractivity contribution in [1.82, 2.24) is 9.78 Å². The number of nitrogens with zero attached hydrogens (tertiary/aromatic N) is 2. The maximum Gasteiger partial charge on any atom is 0.311 e. The van der Waals surface area contributed by atoms with Gasteiger partial charge in [0.15, 0.2) is 12.2 Å². The number of aromatic nitrogens is 2. The number of rotatable bonds is 17. The van der Waals surface area contributed by atoms with Gasteiger partial charge in [0, 0.05) is 13.0 Å². The van der Waals surface area contributed by atoms with Gasteiger partial charge in [-0.05, 0) is 146 Å². The van der Waals surface area contributed by atoms with Crippen LogP contribution in [0.25, 0.3) is 10.9 Å². The van der Waals surface area contributed by atoms with E-state index in [0.29, 0.717) is 42.5 Å². The van der Waals surface area contributed by atoms with E-state index in [4.69, 9.17) is 48.1 Å². The van der Waals surface area contributed by atoms with Gasteiger partial charge in [0.05, 0.1) is 51.1 Å². The van der Waals surface area contributed by atoms with E-state index in [9.17, 15) is 24.0 Å². The van der Waals surface area contributed by atoms with Crippen LogP contribution >= 0.6 is 0 Å². The van der Waals surface area contributed by atoms with Crippen molar-refractivity contribution >= 4 is 40.7 Å². The van der Waals surface area contributed by atoms with E-state index in [2.05, 4.69) is 0 Å². The minimum absolute atomic E-state index is 0.0120. The van der Waals surface area contributed by atoms with Crippen LogP contribution in [0.2, 0.25) is 0 Å². The molecule has 0 unspecified atom stereocenters. The van der Waals surface area contributed by atoms with Gasteiger partial charge in [0.2, 0.25) is 18.3 Å². The number of esters is 5. The molecule has 16 heteroatoms. The molecule has 4 rings (SSSR count). The second-order valence-corrected chi connectivity index (χ2v) is 22.2. The first-order valence-electron chi connectivity index (χ1n) is 23.0. The summed E-state index contributed by atoms with van der Waals surface area (Å²) in [4.78, 5) is 67.7. The minimum atomic E-state index is -1.59. The SMILES string of the molecule is CC(C)(C)C(=O)OCCn1nc(O[C@@H]2O[C@H](COC(=O)C(C)(C)C)[C@@H](OC(=O)C(C)(C)C)[C@H](OC(=O)C(C)(C)C)[C@H]2OC(=O)C(C)(C)C)c2c(CCc3ccc(OCCCO)cc3)cccc21. The number of aliphatic hydroxyl groups is 1. The summed E-state index contributed by atoms with van der Waals surface area (Å²) in [5.41, 5.74) is -2.37. The highest BCUT2D eigenvalue weighted by atomic mass is 16.7. The van der Waals surface area contributed by atoms with Crippen LogP contribution in [0.1, 0.15) is 121 Å². The first kappa shape index (κ1) is 54.4. The molecule has 1 N–H and O–H groups in total. The lowest BCUT2D eigenvalue weighted by Crippen LogP contribution is -2.65. The van der Waals surface area contributed by atoms with Crippen molar-refractivity contribution < 1.29 is 67.0 Å².